The number of unbranched alkanes of at least 4 members (excludes halogenated alkanes) is 15. The first-order chi connectivity index (χ1) is 15.8. The molecule has 0 N–H and O–H groups in total. The molecule has 0 unspecified atom stereocenters. The van der Waals surface area contributed by atoms with Crippen LogP contribution >= 0.6 is 0 Å². The van der Waals surface area contributed by atoms with E-state index in [1.54, 1.807) is 0 Å². The van der Waals surface area contributed by atoms with Gasteiger partial charge in [0, 0.05) is 17.9 Å². The van der Waals surface area contributed by atoms with Crippen LogP contribution in [0.25, 0.3) is 0 Å². The molecule has 0 aromatic rings. The Labute approximate surface area is 220 Å². The van der Waals surface area contributed by atoms with Crippen LogP contribution in [0.15, 0.2) is 0 Å². The number of aliphatic carboxylic acids is 3. The van der Waals surface area contributed by atoms with Gasteiger partial charge in [-0.25, -0.2) is 0 Å². The molecule has 0 spiro atoms. The van der Waals surface area contributed by atoms with Crippen LogP contribution in [-0.2, 0) is 31.7 Å². The molecule has 6 nitrogen and oxygen atoms in total. The first-order valence-corrected chi connectivity index (χ1v) is 13.4. The van der Waals surface area contributed by atoms with Crippen LogP contribution in [0.3, 0.4) is 0 Å². The van der Waals surface area contributed by atoms with E-state index < -0.39 is 17.9 Å². The third-order valence-electron chi connectivity index (χ3n) is 5.20. The molecule has 34 heavy (non-hydrogen) atoms. The smallest absolute Gasteiger partial charge is 0.550 e. The van der Waals surface area contributed by atoms with Crippen LogP contribution in [0.2, 0.25) is 0 Å². The summed E-state index contributed by atoms with van der Waals surface area (Å²) in [5.74, 6) is -2.75. The predicted octanol–water partition coefficient (Wildman–Crippen LogP) is 4.46. The molecule has 0 bridgehead atoms. The molecule has 0 aromatic heterocycles. The SMILES string of the molecule is CCCCCCCCC(=O)[O-].CCCCCCCCC(=O)[O-].CCCCCCCCC(=O)[O-].[Cr+3]. The standard InChI is InChI=1S/3C9H18O2.Cr/c3*1-2-3-4-5-6-7-8-9(10)11;/h3*2-8H2,1H3,(H,10,11);/q;;;+3/p-3. The number of hydrogen-bond donors (Lipinski definition) is 0. The van der Waals surface area contributed by atoms with Crippen LogP contribution in [0.4, 0.5) is 0 Å². The maximum Gasteiger partial charge on any atom is 3.00 e. The molecule has 0 saturated carbocycles. The molecular weight excluding hydrogens is 472 g/mol. The number of rotatable bonds is 21. The number of hydrogen-bond acceptors (Lipinski definition) is 6. The zero-order valence-corrected chi connectivity index (χ0v) is 23.5. The van der Waals surface area contributed by atoms with Crippen LogP contribution < -0.4 is 15.3 Å². The van der Waals surface area contributed by atoms with Crippen molar-refractivity contribution in [2.24, 2.45) is 0 Å². The van der Waals surface area contributed by atoms with Gasteiger partial charge in [0.1, 0.15) is 0 Å². The first kappa shape index (κ1) is 40.1. The Morgan fingerprint density at radius 2 is 0.559 bits per heavy atom. The summed E-state index contributed by atoms with van der Waals surface area (Å²) >= 11 is 0. The quantitative estimate of drug-likeness (QED) is 0.205. The Morgan fingerprint density at radius 1 is 0.382 bits per heavy atom. The molecule has 0 saturated heterocycles. The minimum absolute atomic E-state index is 0. The van der Waals surface area contributed by atoms with Gasteiger partial charge in [0.25, 0.3) is 0 Å². The summed E-state index contributed by atoms with van der Waals surface area (Å²) in [5, 5.41) is 29.9. The molecule has 0 aromatic carbocycles. The normalized spacial score (nSPS) is 9.62. The van der Waals surface area contributed by atoms with Crippen LogP contribution in [0, 0.1) is 0 Å². The maximum atomic E-state index is 9.98. The van der Waals surface area contributed by atoms with Crippen molar-refractivity contribution in [3.05, 3.63) is 0 Å². The van der Waals surface area contributed by atoms with Crippen LogP contribution in [0.5, 0.6) is 0 Å². The Bertz CT molecular complexity index is 368. The van der Waals surface area contributed by atoms with E-state index in [0.717, 1.165) is 38.5 Å². The molecule has 0 aliphatic carbocycles. The second-order valence-electron chi connectivity index (χ2n) is 8.67. The van der Waals surface area contributed by atoms with Crippen molar-refractivity contribution in [3.8, 4) is 0 Å². The second kappa shape index (κ2) is 36.5. The largest absolute Gasteiger partial charge is 3.00 e. The fourth-order valence-electron chi connectivity index (χ4n) is 3.15. The van der Waals surface area contributed by atoms with Crippen molar-refractivity contribution < 1.29 is 47.1 Å². The molecule has 0 amide bonds. The zero-order chi connectivity index (χ0) is 25.6. The average Bonchev–Trinajstić information content (AvgIpc) is 2.76. The summed E-state index contributed by atoms with van der Waals surface area (Å²) in [6.45, 7) is 6.50. The molecule has 1 radical (unpaired) electrons. The van der Waals surface area contributed by atoms with E-state index in [1.807, 2.05) is 0 Å². The summed E-state index contributed by atoms with van der Waals surface area (Å²) in [6.07, 6.45) is 20.9. The summed E-state index contributed by atoms with van der Waals surface area (Å²) in [4.78, 5) is 29.9. The Hall–Kier alpha value is -1.06. The van der Waals surface area contributed by atoms with E-state index in [9.17, 15) is 29.7 Å². The van der Waals surface area contributed by atoms with Crippen molar-refractivity contribution in [3.63, 3.8) is 0 Å². The number of carboxylic acids is 3. The summed E-state index contributed by atoms with van der Waals surface area (Å²) in [7, 11) is 0. The van der Waals surface area contributed by atoms with Crippen molar-refractivity contribution >= 4 is 17.9 Å². The van der Waals surface area contributed by atoms with Gasteiger partial charge in [-0.3, -0.25) is 0 Å². The van der Waals surface area contributed by atoms with Gasteiger partial charge in [-0.15, -0.1) is 0 Å². The van der Waals surface area contributed by atoms with Gasteiger partial charge in [0.05, 0.1) is 0 Å². The predicted molar refractivity (Wildman–Crippen MR) is 129 cm³/mol. The Morgan fingerprint density at radius 3 is 0.735 bits per heavy atom. The van der Waals surface area contributed by atoms with Crippen LogP contribution in [0.1, 0.15) is 156 Å². The number of carbonyl (C=O) groups is 3. The second-order valence-corrected chi connectivity index (χ2v) is 8.67. The van der Waals surface area contributed by atoms with Gasteiger partial charge >= 0.3 is 17.4 Å². The molecular formula is C27H51CrO6. The van der Waals surface area contributed by atoms with Crippen molar-refractivity contribution in [2.75, 3.05) is 0 Å². The number of carboxylic acid groups (broad SMARTS) is 3. The molecule has 0 aliphatic rings. The third kappa shape index (κ3) is 52.7. The molecule has 0 rings (SSSR count). The third-order valence-corrected chi connectivity index (χ3v) is 5.20. The van der Waals surface area contributed by atoms with Gasteiger partial charge in [0.2, 0.25) is 0 Å². The zero-order valence-electron chi connectivity index (χ0n) is 22.2. The number of carbonyl (C=O) groups excluding carboxylic acids is 3. The molecule has 0 atom stereocenters. The average molecular weight is 524 g/mol. The van der Waals surface area contributed by atoms with Gasteiger partial charge in [-0.05, 0) is 38.5 Å². The Balaban J connectivity index is -0.000000196. The minimum atomic E-state index is -0.916. The van der Waals surface area contributed by atoms with E-state index in [1.165, 1.54) is 77.0 Å². The van der Waals surface area contributed by atoms with Crippen molar-refractivity contribution in [1.82, 2.24) is 0 Å². The van der Waals surface area contributed by atoms with E-state index in [2.05, 4.69) is 20.8 Å². The van der Waals surface area contributed by atoms with Crippen LogP contribution in [-0.4, -0.2) is 17.9 Å². The summed E-state index contributed by atoms with van der Waals surface area (Å²) < 4.78 is 0. The van der Waals surface area contributed by atoms with Gasteiger partial charge in [0.15, 0.2) is 0 Å². The molecule has 0 heterocycles. The van der Waals surface area contributed by atoms with E-state index in [4.69, 9.17) is 0 Å². The molecule has 201 valence electrons. The fourth-order valence-corrected chi connectivity index (χ4v) is 3.15. The summed E-state index contributed by atoms with van der Waals surface area (Å²) in [5.41, 5.74) is 0. The molecule has 0 aliphatic heterocycles. The monoisotopic (exact) mass is 523 g/mol. The Kier molecular flexibility index (Phi) is 43.1. The summed E-state index contributed by atoms with van der Waals surface area (Å²) in [6, 6.07) is 0. The van der Waals surface area contributed by atoms with Gasteiger partial charge in [-0.2, -0.15) is 0 Å². The van der Waals surface area contributed by atoms with E-state index >= 15 is 0 Å². The maximum absolute atomic E-state index is 9.98. The minimum Gasteiger partial charge on any atom is -0.550 e. The van der Waals surface area contributed by atoms with Crippen molar-refractivity contribution in [2.45, 2.75) is 156 Å². The van der Waals surface area contributed by atoms with E-state index in [0.29, 0.717) is 0 Å². The molecule has 7 heteroatoms. The van der Waals surface area contributed by atoms with Crippen molar-refractivity contribution in [1.29, 1.82) is 0 Å². The van der Waals surface area contributed by atoms with Gasteiger partial charge < -0.3 is 29.7 Å². The molecule has 0 fully saturated rings. The first-order valence-electron chi connectivity index (χ1n) is 13.4. The topological polar surface area (TPSA) is 120 Å². The van der Waals surface area contributed by atoms with E-state index in [-0.39, 0.29) is 36.6 Å². The fraction of sp³-hybridized carbons (Fsp3) is 0.889. The van der Waals surface area contributed by atoms with Gasteiger partial charge in [-0.1, -0.05) is 117 Å².